The van der Waals surface area contributed by atoms with Crippen molar-refractivity contribution in [2.45, 2.75) is 329 Å². The van der Waals surface area contributed by atoms with Crippen LogP contribution in [0.5, 0.6) is 0 Å². The summed E-state index contributed by atoms with van der Waals surface area (Å²) in [6, 6.07) is 0. The molecule has 0 aromatic carbocycles. The zero-order valence-electron chi connectivity index (χ0n) is 63.7. The van der Waals surface area contributed by atoms with Crippen molar-refractivity contribution in [2.24, 2.45) is 0 Å². The number of unbranched alkanes of at least 4 members (excludes halogenated alkanes) is 25. The smallest absolute Gasteiger partial charge is 0.462 e. The van der Waals surface area contributed by atoms with Crippen molar-refractivity contribution in [3.05, 3.63) is 134 Å². The van der Waals surface area contributed by atoms with Gasteiger partial charge < -0.3 is 33.8 Å². The molecule has 0 aromatic heterocycles. The molecule has 3 N–H and O–H groups in total. The SMILES string of the molecule is CC/C=C\C/C=C\C/C=C\C/C=C\C/C=C\CCCCCC(=O)OCC(COP(=O)(O)OCC(O)COP(=O)(O)OCC(COC(=O)CCCCCCCCC/C=C\C/C=C\C/C=C\CC)OC(=O)CCCCCCCCCCCCC)OC(=O)CCCCCCC/C=C\C/C=C\C/C=C\CC. The van der Waals surface area contributed by atoms with Gasteiger partial charge in [-0.15, -0.1) is 0 Å². The Morgan fingerprint density at radius 3 is 0.794 bits per heavy atom. The van der Waals surface area contributed by atoms with Gasteiger partial charge in [0.05, 0.1) is 26.4 Å². The Balaban J connectivity index is 5.37. The number of carbonyl (C=O) groups excluding carboxylic acids is 4. The molecule has 5 atom stereocenters. The summed E-state index contributed by atoms with van der Waals surface area (Å²) in [5, 5.41) is 10.6. The highest BCUT2D eigenvalue weighted by molar-refractivity contribution is 7.47. The number of hydrogen-bond acceptors (Lipinski definition) is 15. The van der Waals surface area contributed by atoms with Gasteiger partial charge in [0.15, 0.2) is 12.2 Å². The summed E-state index contributed by atoms with van der Waals surface area (Å²) in [5.41, 5.74) is 0. The molecule has 584 valence electrons. The molecule has 0 saturated heterocycles. The average molecular weight is 1470 g/mol. The van der Waals surface area contributed by atoms with Crippen molar-refractivity contribution < 1.29 is 80.2 Å². The number of ether oxygens (including phenoxy) is 4. The van der Waals surface area contributed by atoms with E-state index < -0.39 is 97.5 Å². The van der Waals surface area contributed by atoms with Gasteiger partial charge in [-0.25, -0.2) is 9.13 Å². The van der Waals surface area contributed by atoms with Gasteiger partial charge in [-0.3, -0.25) is 37.3 Å². The highest BCUT2D eigenvalue weighted by Gasteiger charge is 2.30. The number of aliphatic hydroxyl groups excluding tert-OH is 1. The van der Waals surface area contributed by atoms with Crippen molar-refractivity contribution in [2.75, 3.05) is 39.6 Å². The molecule has 0 saturated carbocycles. The average Bonchev–Trinajstić information content (AvgIpc) is 0.939. The van der Waals surface area contributed by atoms with Crippen molar-refractivity contribution in [1.82, 2.24) is 0 Å². The van der Waals surface area contributed by atoms with Crippen LogP contribution >= 0.6 is 15.6 Å². The monoisotopic (exact) mass is 1470 g/mol. The van der Waals surface area contributed by atoms with Crippen LogP contribution in [0.3, 0.4) is 0 Å². The summed E-state index contributed by atoms with van der Waals surface area (Å²) in [5.74, 6) is -2.24. The van der Waals surface area contributed by atoms with Crippen LogP contribution in [0.1, 0.15) is 310 Å². The predicted molar refractivity (Wildman–Crippen MR) is 418 cm³/mol. The number of aliphatic hydroxyl groups is 1. The van der Waals surface area contributed by atoms with Crippen LogP contribution < -0.4 is 0 Å². The lowest BCUT2D eigenvalue weighted by molar-refractivity contribution is -0.161. The highest BCUT2D eigenvalue weighted by atomic mass is 31.2. The summed E-state index contributed by atoms with van der Waals surface area (Å²) in [6.07, 6.45) is 82.9. The second-order valence-corrected chi connectivity index (χ2v) is 28.8. The molecule has 0 aliphatic heterocycles. The molecular formula is C83H140O17P2. The molecule has 102 heavy (non-hydrogen) atoms. The fraction of sp³-hybridized carbons (Fsp3) is 0.687. The predicted octanol–water partition coefficient (Wildman–Crippen LogP) is 22.9. The molecule has 0 aliphatic rings. The van der Waals surface area contributed by atoms with Gasteiger partial charge in [-0.2, -0.15) is 0 Å². The number of phosphoric ester groups is 2. The van der Waals surface area contributed by atoms with E-state index in [2.05, 4.69) is 161 Å². The molecule has 0 fully saturated rings. The van der Waals surface area contributed by atoms with Crippen LogP contribution in [0.25, 0.3) is 0 Å². The minimum atomic E-state index is -4.99. The third-order valence-electron chi connectivity index (χ3n) is 16.1. The van der Waals surface area contributed by atoms with Crippen molar-refractivity contribution in [3.8, 4) is 0 Å². The van der Waals surface area contributed by atoms with Crippen LogP contribution in [-0.2, 0) is 65.4 Å². The fourth-order valence-electron chi connectivity index (χ4n) is 10.2. The molecule has 0 bridgehead atoms. The molecule has 0 aromatic rings. The topological polar surface area (TPSA) is 237 Å². The quantitative estimate of drug-likeness (QED) is 0.0169. The lowest BCUT2D eigenvalue weighted by Crippen LogP contribution is -2.30. The van der Waals surface area contributed by atoms with E-state index in [0.717, 1.165) is 193 Å². The summed E-state index contributed by atoms with van der Waals surface area (Å²) < 4.78 is 68.5. The van der Waals surface area contributed by atoms with Crippen LogP contribution in [0, 0.1) is 0 Å². The van der Waals surface area contributed by atoms with Crippen LogP contribution in [0.2, 0.25) is 0 Å². The summed E-state index contributed by atoms with van der Waals surface area (Å²) in [6.45, 7) is 4.47. The van der Waals surface area contributed by atoms with E-state index >= 15 is 0 Å². The Morgan fingerprint density at radius 1 is 0.284 bits per heavy atom. The summed E-state index contributed by atoms with van der Waals surface area (Å²) >= 11 is 0. The first-order chi connectivity index (χ1) is 49.7. The zero-order valence-corrected chi connectivity index (χ0v) is 65.5. The maximum absolute atomic E-state index is 13.1. The third kappa shape index (κ3) is 73.5. The van der Waals surface area contributed by atoms with Gasteiger partial charge in [0.1, 0.15) is 19.3 Å². The van der Waals surface area contributed by atoms with Crippen LogP contribution in [0.15, 0.2) is 134 Å². The molecule has 5 unspecified atom stereocenters. The van der Waals surface area contributed by atoms with Crippen LogP contribution in [0.4, 0.5) is 0 Å². The van der Waals surface area contributed by atoms with Gasteiger partial charge in [0, 0.05) is 25.7 Å². The molecule has 0 aliphatic carbocycles. The Bertz CT molecular complexity index is 2460. The van der Waals surface area contributed by atoms with Gasteiger partial charge in [0.25, 0.3) is 0 Å². The van der Waals surface area contributed by atoms with Gasteiger partial charge >= 0.3 is 39.5 Å². The lowest BCUT2D eigenvalue weighted by atomic mass is 10.1. The normalized spacial score (nSPS) is 14.6. The first-order valence-electron chi connectivity index (χ1n) is 39.4. The molecule has 0 amide bonds. The van der Waals surface area contributed by atoms with Gasteiger partial charge in [-0.1, -0.05) is 283 Å². The second-order valence-electron chi connectivity index (χ2n) is 25.9. The largest absolute Gasteiger partial charge is 0.472 e. The third-order valence-corrected chi connectivity index (χ3v) is 18.0. The highest BCUT2D eigenvalue weighted by Crippen LogP contribution is 2.45. The van der Waals surface area contributed by atoms with Crippen molar-refractivity contribution in [3.63, 3.8) is 0 Å². The maximum atomic E-state index is 13.1. The van der Waals surface area contributed by atoms with E-state index in [9.17, 15) is 43.2 Å². The summed E-state index contributed by atoms with van der Waals surface area (Å²) in [4.78, 5) is 72.9. The van der Waals surface area contributed by atoms with Crippen LogP contribution in [-0.4, -0.2) is 96.7 Å². The molecular weight excluding hydrogens is 1330 g/mol. The number of hydrogen-bond donors (Lipinski definition) is 3. The minimum absolute atomic E-state index is 0.0649. The summed E-state index contributed by atoms with van der Waals surface area (Å²) in [7, 11) is -9.97. The van der Waals surface area contributed by atoms with Crippen molar-refractivity contribution in [1.29, 1.82) is 0 Å². The first kappa shape index (κ1) is 97.2. The number of esters is 4. The van der Waals surface area contributed by atoms with E-state index in [1.54, 1.807) is 0 Å². The minimum Gasteiger partial charge on any atom is -0.462 e. The first-order valence-corrected chi connectivity index (χ1v) is 42.4. The Hall–Kier alpha value is -4.80. The maximum Gasteiger partial charge on any atom is 0.472 e. The Labute approximate surface area is 618 Å². The lowest BCUT2D eigenvalue weighted by Gasteiger charge is -2.21. The number of phosphoric acid groups is 2. The van der Waals surface area contributed by atoms with E-state index in [-0.39, 0.29) is 25.7 Å². The Kier molecular flexibility index (Phi) is 71.0. The number of rotatable bonds is 73. The standard InChI is InChI=1S/C83H140O17P2/c1-5-9-13-17-21-25-29-32-35-37-38-40-43-45-49-52-56-60-64-68-81(86)94-74-79(100-83(88)70-66-62-58-54-50-46-41-34-31-27-23-19-15-11-7-3)76-98-102(91,92)96-72-77(84)71-95-101(89,90)97-75-78(99-82(87)69-65-61-57-53-47-28-24-20-16-12-8-4)73-93-80(85)67-63-59-55-51-48-44-42-39-36-33-30-26-22-18-14-10-6-2/h9-11,13-15,21-23,25-27,32-36,38,40-41,45,49,77-79,84H,5-8,12,16-20,24,28-31,37,39,42-44,46-48,50-76H2,1-4H3,(H,89,90)(H,91,92)/b13-9-,14-10-,15-11-,25-21-,26-22-,27-23-,35-32-,36-33-,40-38-,41-34-,49-45-. The zero-order chi connectivity index (χ0) is 74.6. The van der Waals surface area contributed by atoms with E-state index in [0.29, 0.717) is 25.7 Å². The molecule has 19 heteroatoms. The van der Waals surface area contributed by atoms with E-state index in [1.807, 2.05) is 0 Å². The molecule has 0 spiro atoms. The van der Waals surface area contributed by atoms with Crippen molar-refractivity contribution >= 4 is 39.5 Å². The number of carbonyl (C=O) groups is 4. The van der Waals surface area contributed by atoms with Gasteiger partial charge in [-0.05, 0) is 135 Å². The van der Waals surface area contributed by atoms with E-state index in [4.69, 9.17) is 37.0 Å². The number of allylic oxidation sites excluding steroid dienone is 22. The Morgan fingerprint density at radius 2 is 0.510 bits per heavy atom. The fourth-order valence-corrected chi connectivity index (χ4v) is 11.8. The molecule has 0 heterocycles. The molecule has 0 radical (unpaired) electrons. The molecule has 0 rings (SSSR count). The molecule has 17 nitrogen and oxygen atoms in total. The van der Waals surface area contributed by atoms with E-state index in [1.165, 1.54) is 38.5 Å². The van der Waals surface area contributed by atoms with Gasteiger partial charge in [0.2, 0.25) is 0 Å². The second kappa shape index (κ2) is 74.5.